The third-order valence-corrected chi connectivity index (χ3v) is 2.28. The van der Waals surface area contributed by atoms with E-state index in [9.17, 15) is 4.79 Å². The SMILES string of the molecule is COc1ccc(OC)c(C=CC=CC=CC(=O)O)c1. The predicted molar refractivity (Wildman–Crippen MR) is 74.5 cm³/mol. The highest BCUT2D eigenvalue weighted by Gasteiger charge is 2.00. The van der Waals surface area contributed by atoms with Crippen molar-refractivity contribution in [3.8, 4) is 11.5 Å². The summed E-state index contributed by atoms with van der Waals surface area (Å²) in [7, 11) is 3.20. The van der Waals surface area contributed by atoms with Crippen LogP contribution >= 0.6 is 0 Å². The maximum Gasteiger partial charge on any atom is 0.328 e. The summed E-state index contributed by atoms with van der Waals surface area (Å²) in [5.41, 5.74) is 0.883. The summed E-state index contributed by atoms with van der Waals surface area (Å²) in [6, 6.07) is 5.50. The average Bonchev–Trinajstić information content (AvgIpc) is 2.42. The van der Waals surface area contributed by atoms with Crippen molar-refractivity contribution in [1.82, 2.24) is 0 Å². The second-order valence-electron chi connectivity index (χ2n) is 3.55. The van der Waals surface area contributed by atoms with Crippen molar-refractivity contribution >= 4 is 12.0 Å². The molecule has 0 saturated heterocycles. The standard InChI is InChI=1S/C15H16O4/c1-18-13-9-10-14(19-2)12(11-13)7-5-3-4-6-8-15(16)17/h3-11H,1-2H3,(H,16,17). The zero-order valence-corrected chi connectivity index (χ0v) is 10.9. The van der Waals surface area contributed by atoms with Gasteiger partial charge in [-0.1, -0.05) is 30.4 Å². The number of ether oxygens (including phenoxy) is 2. The fourth-order valence-electron chi connectivity index (χ4n) is 1.40. The number of hydrogen-bond acceptors (Lipinski definition) is 3. The van der Waals surface area contributed by atoms with Gasteiger partial charge in [0, 0.05) is 11.6 Å². The minimum absolute atomic E-state index is 0.742. The van der Waals surface area contributed by atoms with Crippen LogP contribution in [0.3, 0.4) is 0 Å². The molecule has 0 aliphatic carbocycles. The molecule has 0 aliphatic heterocycles. The summed E-state index contributed by atoms with van der Waals surface area (Å²) in [5.74, 6) is 0.518. The molecule has 0 aromatic heterocycles. The van der Waals surface area contributed by atoms with E-state index in [4.69, 9.17) is 14.6 Å². The number of rotatable bonds is 6. The molecule has 4 nitrogen and oxygen atoms in total. The summed E-state index contributed by atoms with van der Waals surface area (Å²) in [5, 5.41) is 8.40. The largest absolute Gasteiger partial charge is 0.497 e. The Labute approximate surface area is 112 Å². The van der Waals surface area contributed by atoms with Crippen molar-refractivity contribution in [2.75, 3.05) is 14.2 Å². The Hall–Kier alpha value is -2.49. The summed E-state index contributed by atoms with van der Waals surface area (Å²) in [6.07, 6.45) is 9.54. The molecule has 0 fully saturated rings. The second kappa shape index (κ2) is 7.76. The van der Waals surface area contributed by atoms with E-state index in [1.54, 1.807) is 32.4 Å². The van der Waals surface area contributed by atoms with E-state index in [-0.39, 0.29) is 0 Å². The number of hydrogen-bond donors (Lipinski definition) is 1. The molecule has 1 aromatic rings. The monoisotopic (exact) mass is 260 g/mol. The van der Waals surface area contributed by atoms with Gasteiger partial charge in [0.15, 0.2) is 0 Å². The molecule has 0 bridgehead atoms. The van der Waals surface area contributed by atoms with Crippen LogP contribution in [-0.2, 0) is 4.79 Å². The zero-order chi connectivity index (χ0) is 14.1. The highest BCUT2D eigenvalue weighted by molar-refractivity contribution is 5.80. The van der Waals surface area contributed by atoms with Gasteiger partial charge in [0.1, 0.15) is 11.5 Å². The molecule has 1 aromatic carbocycles. The quantitative estimate of drug-likeness (QED) is 0.631. The molecule has 0 spiro atoms. The minimum atomic E-state index is -0.969. The van der Waals surface area contributed by atoms with Crippen LogP contribution in [-0.4, -0.2) is 25.3 Å². The third kappa shape index (κ3) is 5.12. The molecular formula is C15H16O4. The maximum absolute atomic E-state index is 10.2. The van der Waals surface area contributed by atoms with Crippen LogP contribution in [0.1, 0.15) is 5.56 Å². The van der Waals surface area contributed by atoms with Gasteiger partial charge in [-0.25, -0.2) is 4.79 Å². The number of carboxylic acid groups (broad SMARTS) is 1. The molecule has 1 N–H and O–H groups in total. The number of allylic oxidation sites excluding steroid dienone is 4. The van der Waals surface area contributed by atoms with Gasteiger partial charge in [0.2, 0.25) is 0 Å². The molecular weight excluding hydrogens is 244 g/mol. The van der Waals surface area contributed by atoms with Crippen molar-refractivity contribution in [3.05, 3.63) is 54.1 Å². The van der Waals surface area contributed by atoms with Crippen LogP contribution in [0.4, 0.5) is 0 Å². The number of methoxy groups -OCH3 is 2. The maximum atomic E-state index is 10.2. The Morgan fingerprint density at radius 2 is 1.84 bits per heavy atom. The van der Waals surface area contributed by atoms with Gasteiger partial charge in [-0.3, -0.25) is 0 Å². The third-order valence-electron chi connectivity index (χ3n) is 2.28. The van der Waals surface area contributed by atoms with Gasteiger partial charge >= 0.3 is 5.97 Å². The average molecular weight is 260 g/mol. The van der Waals surface area contributed by atoms with Crippen molar-refractivity contribution in [1.29, 1.82) is 0 Å². The van der Waals surface area contributed by atoms with Gasteiger partial charge in [-0.15, -0.1) is 0 Å². The fraction of sp³-hybridized carbons (Fsp3) is 0.133. The lowest BCUT2D eigenvalue weighted by Crippen LogP contribution is -1.89. The van der Waals surface area contributed by atoms with Crippen molar-refractivity contribution in [3.63, 3.8) is 0 Å². The van der Waals surface area contributed by atoms with Crippen LogP contribution in [0.2, 0.25) is 0 Å². The summed E-state index contributed by atoms with van der Waals surface area (Å²) in [4.78, 5) is 10.2. The molecule has 0 radical (unpaired) electrons. The topological polar surface area (TPSA) is 55.8 Å². The molecule has 4 heteroatoms. The molecule has 0 heterocycles. The normalized spacial score (nSPS) is 11.5. The van der Waals surface area contributed by atoms with Crippen LogP contribution in [0, 0.1) is 0 Å². The van der Waals surface area contributed by atoms with E-state index >= 15 is 0 Å². The first-order chi connectivity index (χ1) is 9.17. The highest BCUT2D eigenvalue weighted by atomic mass is 16.5. The van der Waals surface area contributed by atoms with Gasteiger partial charge < -0.3 is 14.6 Å². The molecule has 0 unspecified atom stereocenters. The molecule has 0 amide bonds. The van der Waals surface area contributed by atoms with E-state index in [0.717, 1.165) is 23.1 Å². The number of carboxylic acids is 1. The first-order valence-electron chi connectivity index (χ1n) is 5.63. The Balaban J connectivity index is 2.77. The molecule has 100 valence electrons. The van der Waals surface area contributed by atoms with Crippen LogP contribution < -0.4 is 9.47 Å². The van der Waals surface area contributed by atoms with Crippen molar-refractivity contribution in [2.45, 2.75) is 0 Å². The molecule has 0 atom stereocenters. The van der Waals surface area contributed by atoms with Crippen LogP contribution in [0.15, 0.2) is 48.6 Å². The molecule has 19 heavy (non-hydrogen) atoms. The van der Waals surface area contributed by atoms with E-state index in [1.807, 2.05) is 24.3 Å². The second-order valence-corrected chi connectivity index (χ2v) is 3.55. The summed E-state index contributed by atoms with van der Waals surface area (Å²) >= 11 is 0. The molecule has 1 rings (SSSR count). The van der Waals surface area contributed by atoms with Crippen LogP contribution in [0.5, 0.6) is 11.5 Å². The zero-order valence-electron chi connectivity index (χ0n) is 10.9. The number of benzene rings is 1. The van der Waals surface area contributed by atoms with E-state index in [1.165, 1.54) is 6.08 Å². The minimum Gasteiger partial charge on any atom is -0.497 e. The molecule has 0 saturated carbocycles. The Bertz CT molecular complexity index is 513. The number of aliphatic carboxylic acids is 1. The fourth-order valence-corrected chi connectivity index (χ4v) is 1.40. The van der Waals surface area contributed by atoms with Gasteiger partial charge in [0.05, 0.1) is 14.2 Å². The Kier molecular flexibility index (Phi) is 5.95. The van der Waals surface area contributed by atoms with Gasteiger partial charge in [0.25, 0.3) is 0 Å². The van der Waals surface area contributed by atoms with Crippen molar-refractivity contribution in [2.24, 2.45) is 0 Å². The summed E-state index contributed by atoms with van der Waals surface area (Å²) < 4.78 is 10.4. The lowest BCUT2D eigenvalue weighted by atomic mass is 10.1. The number of carbonyl (C=O) groups is 1. The van der Waals surface area contributed by atoms with E-state index < -0.39 is 5.97 Å². The Morgan fingerprint density at radius 3 is 2.47 bits per heavy atom. The first kappa shape index (κ1) is 14.6. The van der Waals surface area contributed by atoms with Crippen molar-refractivity contribution < 1.29 is 19.4 Å². The first-order valence-corrected chi connectivity index (χ1v) is 5.63. The lowest BCUT2D eigenvalue weighted by Gasteiger charge is -2.06. The molecule has 0 aliphatic rings. The van der Waals surface area contributed by atoms with Gasteiger partial charge in [-0.05, 0) is 18.2 Å². The van der Waals surface area contributed by atoms with E-state index in [2.05, 4.69) is 0 Å². The van der Waals surface area contributed by atoms with Crippen LogP contribution in [0.25, 0.3) is 6.08 Å². The van der Waals surface area contributed by atoms with Gasteiger partial charge in [-0.2, -0.15) is 0 Å². The summed E-state index contributed by atoms with van der Waals surface area (Å²) in [6.45, 7) is 0. The Morgan fingerprint density at radius 1 is 1.11 bits per heavy atom. The predicted octanol–water partition coefficient (Wildman–Crippen LogP) is 2.91. The lowest BCUT2D eigenvalue weighted by molar-refractivity contribution is -0.131. The smallest absolute Gasteiger partial charge is 0.328 e. The van der Waals surface area contributed by atoms with E-state index in [0.29, 0.717) is 0 Å². The highest BCUT2D eigenvalue weighted by Crippen LogP contribution is 2.24.